The van der Waals surface area contributed by atoms with E-state index >= 15 is 0 Å². The van der Waals surface area contributed by atoms with E-state index in [1.807, 2.05) is 0 Å². The van der Waals surface area contributed by atoms with Crippen molar-refractivity contribution in [3.63, 3.8) is 0 Å². The second kappa shape index (κ2) is 11.3. The third-order valence-corrected chi connectivity index (χ3v) is 6.03. The molecule has 0 amide bonds. The van der Waals surface area contributed by atoms with Crippen molar-refractivity contribution >= 4 is 14.7 Å². The van der Waals surface area contributed by atoms with Gasteiger partial charge in [-0.25, -0.2) is 0 Å². The summed E-state index contributed by atoms with van der Waals surface area (Å²) in [6.07, 6.45) is 13.0. The molecule has 0 aromatic heterocycles. The zero-order valence-corrected chi connectivity index (χ0v) is 14.4. The maximum Gasteiger partial charge on any atom is 0.0575 e. The molecule has 1 unspecified atom stereocenters. The molecule has 0 saturated heterocycles. The maximum atomic E-state index is 2.46. The van der Waals surface area contributed by atoms with Crippen LogP contribution in [0.4, 0.5) is 0 Å². The molecule has 0 bridgehead atoms. The molecule has 0 spiro atoms. The summed E-state index contributed by atoms with van der Waals surface area (Å²) in [5.41, 5.74) is 0.975. The van der Waals surface area contributed by atoms with Crippen molar-refractivity contribution in [3.8, 4) is 0 Å². The van der Waals surface area contributed by atoms with Crippen molar-refractivity contribution < 1.29 is 0 Å². The first-order chi connectivity index (χ1) is 9.33. The summed E-state index contributed by atoms with van der Waals surface area (Å²) in [7, 11) is -0.0378. The van der Waals surface area contributed by atoms with Crippen molar-refractivity contribution in [1.29, 1.82) is 0 Å². The van der Waals surface area contributed by atoms with Gasteiger partial charge in [-0.1, -0.05) is 107 Å². The van der Waals surface area contributed by atoms with Crippen molar-refractivity contribution in [2.24, 2.45) is 0 Å². The van der Waals surface area contributed by atoms with Gasteiger partial charge in [-0.3, -0.25) is 0 Å². The lowest BCUT2D eigenvalue weighted by atomic mass is 10.1. The van der Waals surface area contributed by atoms with Gasteiger partial charge < -0.3 is 0 Å². The lowest BCUT2D eigenvalue weighted by Crippen LogP contribution is -2.17. The molecule has 1 heteroatoms. The number of unbranched alkanes of at least 4 members (excludes halogenated alkanes) is 7. The van der Waals surface area contributed by atoms with E-state index in [1.54, 1.807) is 5.19 Å². The third kappa shape index (κ3) is 9.04. The zero-order valence-electron chi connectivity index (χ0n) is 13.0. The van der Waals surface area contributed by atoms with Gasteiger partial charge in [-0.2, -0.15) is 0 Å². The molecular weight excluding hydrogens is 244 g/mol. The number of hydrogen-bond acceptors (Lipinski definition) is 0. The summed E-state index contributed by atoms with van der Waals surface area (Å²) in [5.74, 6) is 0. The van der Waals surface area contributed by atoms with Gasteiger partial charge in [0, 0.05) is 0 Å². The van der Waals surface area contributed by atoms with Gasteiger partial charge in [0.2, 0.25) is 0 Å². The molecular formula is C18H32Si. The highest BCUT2D eigenvalue weighted by molar-refractivity contribution is 6.54. The van der Waals surface area contributed by atoms with Crippen molar-refractivity contribution in [1.82, 2.24) is 0 Å². The van der Waals surface area contributed by atoms with E-state index in [2.05, 4.69) is 44.2 Å². The van der Waals surface area contributed by atoms with Crippen LogP contribution >= 0.6 is 0 Å². The summed E-state index contributed by atoms with van der Waals surface area (Å²) < 4.78 is 0. The summed E-state index contributed by atoms with van der Waals surface area (Å²) >= 11 is 0. The molecule has 0 radical (unpaired) electrons. The van der Waals surface area contributed by atoms with Crippen molar-refractivity contribution in [2.45, 2.75) is 77.2 Å². The molecule has 0 nitrogen and oxygen atoms in total. The first kappa shape index (κ1) is 16.5. The van der Waals surface area contributed by atoms with Crippen molar-refractivity contribution in [2.75, 3.05) is 0 Å². The van der Waals surface area contributed by atoms with E-state index in [4.69, 9.17) is 0 Å². The quantitative estimate of drug-likeness (QED) is 0.401. The Labute approximate surface area is 122 Å². The first-order valence-corrected chi connectivity index (χ1v) is 9.89. The normalized spacial score (nSPS) is 13.2. The van der Waals surface area contributed by atoms with E-state index in [-0.39, 0.29) is 9.52 Å². The van der Waals surface area contributed by atoms with E-state index in [9.17, 15) is 0 Å². The number of benzene rings is 1. The second-order valence-corrected chi connectivity index (χ2v) is 8.68. The second-order valence-electron chi connectivity index (χ2n) is 6.06. The van der Waals surface area contributed by atoms with Crippen LogP contribution in [0.5, 0.6) is 0 Å². The van der Waals surface area contributed by atoms with Crippen LogP contribution in [0.25, 0.3) is 0 Å². The van der Waals surface area contributed by atoms with E-state index in [0.29, 0.717) is 0 Å². The molecule has 0 N–H and O–H groups in total. The highest BCUT2D eigenvalue weighted by Crippen LogP contribution is 2.15. The molecule has 0 aliphatic carbocycles. The van der Waals surface area contributed by atoms with E-state index < -0.39 is 0 Å². The zero-order chi connectivity index (χ0) is 13.8. The molecule has 19 heavy (non-hydrogen) atoms. The van der Waals surface area contributed by atoms with Gasteiger partial charge in [0.15, 0.2) is 0 Å². The lowest BCUT2D eigenvalue weighted by Gasteiger charge is -2.10. The van der Waals surface area contributed by atoms with Crippen LogP contribution in [-0.4, -0.2) is 9.52 Å². The molecule has 1 rings (SSSR count). The van der Waals surface area contributed by atoms with E-state index in [0.717, 1.165) is 5.54 Å². The molecule has 1 atom stereocenters. The Morgan fingerprint density at radius 1 is 0.842 bits per heavy atom. The Hall–Kier alpha value is -0.563. The Morgan fingerprint density at radius 3 is 2.05 bits per heavy atom. The fourth-order valence-electron chi connectivity index (χ4n) is 2.75. The van der Waals surface area contributed by atoms with Crippen LogP contribution in [0.2, 0.25) is 5.54 Å². The summed E-state index contributed by atoms with van der Waals surface area (Å²) in [6, 6.07) is 11.1. The Kier molecular flexibility index (Phi) is 9.79. The summed E-state index contributed by atoms with van der Waals surface area (Å²) in [6.45, 7) is 4.75. The molecule has 108 valence electrons. The van der Waals surface area contributed by atoms with Gasteiger partial charge in [-0.05, 0) is 5.54 Å². The molecule has 0 aliphatic rings. The molecule has 0 saturated carbocycles. The first-order valence-electron chi connectivity index (χ1n) is 8.37. The predicted molar refractivity (Wildman–Crippen MR) is 91.3 cm³/mol. The topological polar surface area (TPSA) is 0 Å². The molecule has 1 aromatic rings. The van der Waals surface area contributed by atoms with E-state index in [1.165, 1.54) is 57.8 Å². The summed E-state index contributed by atoms with van der Waals surface area (Å²) in [4.78, 5) is 0. The molecule has 0 aliphatic heterocycles. The number of hydrogen-bond donors (Lipinski definition) is 0. The molecule has 1 aromatic carbocycles. The maximum absolute atomic E-state index is 2.46. The number of rotatable bonds is 11. The predicted octanol–water partition coefficient (Wildman–Crippen LogP) is 4.82. The highest BCUT2D eigenvalue weighted by Gasteiger charge is 2.04. The minimum Gasteiger partial charge on any atom is -0.0667 e. The minimum absolute atomic E-state index is 0.0378. The smallest absolute Gasteiger partial charge is 0.0575 e. The molecule has 0 heterocycles. The monoisotopic (exact) mass is 276 g/mol. The van der Waals surface area contributed by atoms with Gasteiger partial charge in [0.05, 0.1) is 9.52 Å². The van der Waals surface area contributed by atoms with Crippen LogP contribution in [0.15, 0.2) is 30.3 Å². The van der Waals surface area contributed by atoms with Crippen LogP contribution in [0, 0.1) is 0 Å². The SMILES string of the molecule is CCCCCCCCCCC(C)[SiH2]c1ccccc1. The van der Waals surface area contributed by atoms with Gasteiger partial charge in [-0.15, -0.1) is 0 Å². The van der Waals surface area contributed by atoms with Crippen LogP contribution in [0.3, 0.4) is 0 Å². The minimum atomic E-state index is -0.0378. The average Bonchev–Trinajstić information content (AvgIpc) is 2.43. The Morgan fingerprint density at radius 2 is 1.42 bits per heavy atom. The lowest BCUT2D eigenvalue weighted by molar-refractivity contribution is 0.562. The Bertz CT molecular complexity index is 294. The van der Waals surface area contributed by atoms with Gasteiger partial charge in [0.1, 0.15) is 0 Å². The molecule has 0 fully saturated rings. The summed E-state index contributed by atoms with van der Waals surface area (Å²) in [5, 5.41) is 1.63. The van der Waals surface area contributed by atoms with Crippen molar-refractivity contribution in [3.05, 3.63) is 30.3 Å². The van der Waals surface area contributed by atoms with Crippen LogP contribution in [-0.2, 0) is 0 Å². The fourth-order valence-corrected chi connectivity index (χ4v) is 4.59. The largest absolute Gasteiger partial charge is 0.0667 e. The standard InChI is InChI=1S/C18H32Si/c1-3-4-5-6-7-8-9-11-14-17(2)19-18-15-12-10-13-16-18/h10,12-13,15-17H,3-9,11,14,19H2,1-2H3. The Balaban J connectivity index is 1.94. The van der Waals surface area contributed by atoms with Crippen LogP contribution in [0.1, 0.15) is 71.6 Å². The van der Waals surface area contributed by atoms with Gasteiger partial charge >= 0.3 is 0 Å². The van der Waals surface area contributed by atoms with Crippen LogP contribution < -0.4 is 5.19 Å². The fraction of sp³-hybridized carbons (Fsp3) is 0.667. The highest BCUT2D eigenvalue weighted by atomic mass is 28.2. The average molecular weight is 277 g/mol. The third-order valence-electron chi connectivity index (χ3n) is 3.98. The van der Waals surface area contributed by atoms with Gasteiger partial charge in [0.25, 0.3) is 0 Å².